The number of hydrogen-bond donors (Lipinski definition) is 4. The quantitative estimate of drug-likeness (QED) is 0.382. The molecule has 0 radical (unpaired) electrons. The lowest BCUT2D eigenvalue weighted by molar-refractivity contribution is 0.0693. The van der Waals surface area contributed by atoms with Crippen molar-refractivity contribution in [2.75, 3.05) is 0 Å². The van der Waals surface area contributed by atoms with E-state index in [4.69, 9.17) is 5.11 Å². The molecule has 0 bridgehead atoms. The van der Waals surface area contributed by atoms with Crippen molar-refractivity contribution in [3.63, 3.8) is 0 Å². The lowest BCUT2D eigenvalue weighted by atomic mass is 10.2. The van der Waals surface area contributed by atoms with Crippen molar-refractivity contribution in [1.82, 2.24) is 10.9 Å². The van der Waals surface area contributed by atoms with E-state index in [1.807, 2.05) is 0 Å². The first kappa shape index (κ1) is 16.0. The first-order chi connectivity index (χ1) is 11.0. The van der Waals surface area contributed by atoms with Crippen LogP contribution in [-0.2, 0) is 0 Å². The topological polar surface area (TPSA) is 111 Å². The van der Waals surface area contributed by atoms with E-state index in [9.17, 15) is 19.1 Å². The Bertz CT molecular complexity index is 760. The van der Waals surface area contributed by atoms with Crippen LogP contribution in [0.4, 0.5) is 10.1 Å². The molecule has 0 aliphatic carbocycles. The minimum absolute atomic E-state index is 0.235. The normalized spacial score (nSPS) is 10.5. The molecule has 0 heterocycles. The van der Waals surface area contributed by atoms with Gasteiger partial charge in [-0.2, -0.15) is 0 Å². The van der Waals surface area contributed by atoms with Crippen molar-refractivity contribution in [3.8, 4) is 5.75 Å². The number of rotatable bonds is 5. The van der Waals surface area contributed by atoms with Gasteiger partial charge in [-0.3, -0.25) is 15.6 Å². The third-order valence-corrected chi connectivity index (χ3v) is 2.78. The summed E-state index contributed by atoms with van der Waals surface area (Å²) in [6, 6.07) is 8.75. The molecule has 0 aromatic heterocycles. The largest absolute Gasteiger partial charge is 0.507 e. The smallest absolute Gasteiger partial charge is 0.339 e. The highest BCUT2D eigenvalue weighted by molar-refractivity contribution is 5.94. The van der Waals surface area contributed by atoms with Crippen LogP contribution in [0, 0.1) is 5.82 Å². The van der Waals surface area contributed by atoms with Crippen LogP contribution in [0.5, 0.6) is 5.75 Å². The van der Waals surface area contributed by atoms with E-state index in [-0.39, 0.29) is 16.8 Å². The summed E-state index contributed by atoms with van der Waals surface area (Å²) in [6.45, 7) is 0. The Labute approximate surface area is 130 Å². The first-order valence-electron chi connectivity index (χ1n) is 6.37. The van der Waals surface area contributed by atoms with Gasteiger partial charge in [0.05, 0.1) is 5.69 Å². The van der Waals surface area contributed by atoms with Crippen LogP contribution < -0.4 is 10.9 Å². The first-order valence-corrected chi connectivity index (χ1v) is 6.37. The monoisotopic (exact) mass is 317 g/mol. The third-order valence-electron chi connectivity index (χ3n) is 2.78. The highest BCUT2D eigenvalue weighted by atomic mass is 19.1. The summed E-state index contributed by atoms with van der Waals surface area (Å²) in [5.74, 6) is -2.59. The van der Waals surface area contributed by atoms with Crippen molar-refractivity contribution in [2.45, 2.75) is 0 Å². The minimum Gasteiger partial charge on any atom is -0.507 e. The maximum Gasteiger partial charge on any atom is 0.339 e. The Morgan fingerprint density at radius 3 is 2.43 bits per heavy atom. The second kappa shape index (κ2) is 7.03. The number of hydrogen-bond acceptors (Lipinski definition) is 4. The molecule has 0 aliphatic rings. The molecule has 0 fully saturated rings. The molecule has 23 heavy (non-hydrogen) atoms. The van der Waals surface area contributed by atoms with Crippen molar-refractivity contribution in [1.29, 1.82) is 0 Å². The summed E-state index contributed by atoms with van der Waals surface area (Å²) < 4.78 is 12.7. The molecule has 2 rings (SSSR count). The summed E-state index contributed by atoms with van der Waals surface area (Å²) in [7, 11) is 0. The summed E-state index contributed by atoms with van der Waals surface area (Å²) in [4.78, 5) is 26.3. The number of hydrazine groups is 1. The van der Waals surface area contributed by atoms with E-state index in [0.29, 0.717) is 0 Å². The maximum atomic E-state index is 12.7. The van der Waals surface area contributed by atoms with E-state index in [1.54, 1.807) is 0 Å². The van der Waals surface area contributed by atoms with Gasteiger partial charge < -0.3 is 10.2 Å². The van der Waals surface area contributed by atoms with E-state index in [2.05, 4.69) is 15.8 Å². The average molecular weight is 317 g/mol. The molecule has 8 heteroatoms. The molecular formula is C15H12FN3O4. The number of carbonyl (C=O) groups excluding carboxylic acids is 1. The van der Waals surface area contributed by atoms with Gasteiger partial charge >= 0.3 is 5.97 Å². The lowest BCUT2D eigenvalue weighted by Crippen LogP contribution is -2.36. The highest BCUT2D eigenvalue weighted by Crippen LogP contribution is 2.23. The number of aliphatic imine (C=N–C) groups is 1. The van der Waals surface area contributed by atoms with E-state index >= 15 is 0 Å². The number of halogens is 1. The van der Waals surface area contributed by atoms with Crippen molar-refractivity contribution in [3.05, 3.63) is 59.4 Å². The molecule has 0 aliphatic heterocycles. The SMILES string of the molecule is O=C(NNC=Nc1ccc(C(=O)O)c(O)c1)c1ccc(F)cc1. The van der Waals surface area contributed by atoms with Gasteiger partial charge in [-0.05, 0) is 36.4 Å². The second-order valence-corrected chi connectivity index (χ2v) is 4.37. The molecule has 0 saturated heterocycles. The van der Waals surface area contributed by atoms with Crippen molar-refractivity contribution in [2.24, 2.45) is 4.99 Å². The Hall–Kier alpha value is -3.42. The summed E-state index contributed by atoms with van der Waals surface area (Å²) in [5.41, 5.74) is 5.05. The summed E-state index contributed by atoms with van der Waals surface area (Å²) in [5, 5.41) is 18.3. The van der Waals surface area contributed by atoms with Gasteiger partial charge in [0, 0.05) is 11.6 Å². The molecule has 2 aromatic carbocycles. The zero-order valence-corrected chi connectivity index (χ0v) is 11.7. The molecule has 2 aromatic rings. The molecule has 7 nitrogen and oxygen atoms in total. The van der Waals surface area contributed by atoms with Crippen molar-refractivity contribution < 1.29 is 24.2 Å². The number of aromatic carboxylic acids is 1. The second-order valence-electron chi connectivity index (χ2n) is 4.37. The Morgan fingerprint density at radius 1 is 1.13 bits per heavy atom. The van der Waals surface area contributed by atoms with Gasteiger partial charge in [0.1, 0.15) is 23.5 Å². The Morgan fingerprint density at radius 2 is 1.83 bits per heavy atom. The molecule has 118 valence electrons. The van der Waals surface area contributed by atoms with Crippen LogP contribution in [-0.4, -0.2) is 28.4 Å². The fourth-order valence-electron chi connectivity index (χ4n) is 1.66. The van der Waals surface area contributed by atoms with Crippen LogP contribution >= 0.6 is 0 Å². The number of aromatic hydroxyl groups is 1. The number of carboxylic acids is 1. The van der Waals surface area contributed by atoms with Gasteiger partial charge in [-0.1, -0.05) is 0 Å². The molecular weight excluding hydrogens is 305 g/mol. The predicted molar refractivity (Wildman–Crippen MR) is 80.2 cm³/mol. The van der Waals surface area contributed by atoms with E-state index < -0.39 is 23.4 Å². The average Bonchev–Trinajstić information content (AvgIpc) is 2.51. The molecule has 0 unspecified atom stereocenters. The van der Waals surface area contributed by atoms with Crippen LogP contribution in [0.1, 0.15) is 20.7 Å². The van der Waals surface area contributed by atoms with Crippen LogP contribution in [0.3, 0.4) is 0 Å². The zero-order chi connectivity index (χ0) is 16.8. The van der Waals surface area contributed by atoms with Crippen molar-refractivity contribution >= 4 is 23.9 Å². The fraction of sp³-hybridized carbons (Fsp3) is 0. The summed E-state index contributed by atoms with van der Waals surface area (Å²) in [6.07, 6.45) is 1.15. The third kappa shape index (κ3) is 4.27. The molecule has 4 N–H and O–H groups in total. The van der Waals surface area contributed by atoms with E-state index in [0.717, 1.165) is 18.5 Å². The molecule has 0 atom stereocenters. The summed E-state index contributed by atoms with van der Waals surface area (Å²) >= 11 is 0. The molecule has 1 amide bonds. The molecule has 0 saturated carbocycles. The minimum atomic E-state index is -1.25. The maximum absolute atomic E-state index is 12.7. The Kier molecular flexibility index (Phi) is 4.88. The number of amides is 1. The number of nitrogens with one attached hydrogen (secondary N) is 2. The van der Waals surface area contributed by atoms with Crippen LogP contribution in [0.2, 0.25) is 0 Å². The van der Waals surface area contributed by atoms with Gasteiger partial charge in [0.15, 0.2) is 0 Å². The van der Waals surface area contributed by atoms with Crippen LogP contribution in [0.25, 0.3) is 0 Å². The van der Waals surface area contributed by atoms with Gasteiger partial charge in [0.2, 0.25) is 0 Å². The van der Waals surface area contributed by atoms with Gasteiger partial charge in [0.25, 0.3) is 5.91 Å². The highest BCUT2D eigenvalue weighted by Gasteiger charge is 2.09. The zero-order valence-electron chi connectivity index (χ0n) is 11.7. The number of carbonyl (C=O) groups is 2. The van der Waals surface area contributed by atoms with Gasteiger partial charge in [-0.25, -0.2) is 14.2 Å². The number of carboxylic acid groups (broad SMARTS) is 1. The number of nitrogens with zero attached hydrogens (tertiary/aromatic N) is 1. The number of benzene rings is 2. The number of phenols is 1. The molecule has 0 spiro atoms. The standard InChI is InChI=1S/C15H12FN3O4/c16-10-3-1-9(2-4-10)14(21)19-18-8-17-11-5-6-12(15(22)23)13(20)7-11/h1-8,20H,(H,17,18)(H,19,21)(H,22,23). The Balaban J connectivity index is 1.92. The predicted octanol–water partition coefficient (Wildman–Crippen LogP) is 1.82. The fourth-order valence-corrected chi connectivity index (χ4v) is 1.66. The van der Waals surface area contributed by atoms with Crippen LogP contribution in [0.15, 0.2) is 47.5 Å². The lowest BCUT2D eigenvalue weighted by Gasteiger charge is -2.04. The van der Waals surface area contributed by atoms with E-state index in [1.165, 1.54) is 30.3 Å². The van der Waals surface area contributed by atoms with Gasteiger partial charge in [-0.15, -0.1) is 0 Å².